The Morgan fingerprint density at radius 1 is 1.00 bits per heavy atom. The van der Waals surface area contributed by atoms with E-state index in [1.165, 1.54) is 11.1 Å². The van der Waals surface area contributed by atoms with Crippen molar-refractivity contribution in [3.05, 3.63) is 59.7 Å². The fraction of sp³-hybridized carbons (Fsp3) is 0.464. The van der Waals surface area contributed by atoms with Crippen LogP contribution in [0.25, 0.3) is 11.1 Å². The molecule has 1 saturated carbocycles. The summed E-state index contributed by atoms with van der Waals surface area (Å²) in [4.78, 5) is 39.0. The standard InChI is InChI=1S/C28H34N2O5/c1-3-28(4-2,26(33)30(19-13-14-19)16-15-25(31)32)18-29-27(34)35-17-24-22-11-7-5-9-20(22)21-10-6-8-12-23(21)24/h5-12,19,24H,3-4,13-18H2,1-2H3,(H,29,34)(H,31,32). The highest BCUT2D eigenvalue weighted by molar-refractivity contribution is 5.85. The van der Waals surface area contributed by atoms with Crippen LogP contribution in [0.15, 0.2) is 48.5 Å². The Morgan fingerprint density at radius 2 is 1.57 bits per heavy atom. The van der Waals surface area contributed by atoms with E-state index in [1.807, 2.05) is 38.1 Å². The van der Waals surface area contributed by atoms with Crippen molar-refractivity contribution in [2.75, 3.05) is 19.7 Å². The predicted octanol–water partition coefficient (Wildman–Crippen LogP) is 4.80. The summed E-state index contributed by atoms with van der Waals surface area (Å²) in [6.45, 7) is 4.44. The Bertz CT molecular complexity index is 1040. The minimum atomic E-state index is -0.918. The van der Waals surface area contributed by atoms with Gasteiger partial charge in [0.05, 0.1) is 11.8 Å². The van der Waals surface area contributed by atoms with E-state index in [9.17, 15) is 14.4 Å². The van der Waals surface area contributed by atoms with E-state index in [4.69, 9.17) is 9.84 Å². The lowest BCUT2D eigenvalue weighted by atomic mass is 9.80. The van der Waals surface area contributed by atoms with Gasteiger partial charge in [0.1, 0.15) is 6.61 Å². The minimum Gasteiger partial charge on any atom is -0.481 e. The normalized spacial score (nSPS) is 14.7. The number of nitrogens with one attached hydrogen (secondary N) is 1. The number of amides is 2. The first kappa shape index (κ1) is 24.8. The number of hydrogen-bond acceptors (Lipinski definition) is 4. The second-order valence-corrected chi connectivity index (χ2v) is 9.54. The highest BCUT2D eigenvalue weighted by atomic mass is 16.5. The lowest BCUT2D eigenvalue weighted by Gasteiger charge is -2.36. The van der Waals surface area contributed by atoms with Gasteiger partial charge in [-0.15, -0.1) is 0 Å². The molecule has 0 bridgehead atoms. The van der Waals surface area contributed by atoms with E-state index in [1.54, 1.807) is 4.90 Å². The van der Waals surface area contributed by atoms with Crippen LogP contribution in [0.3, 0.4) is 0 Å². The van der Waals surface area contributed by atoms with Gasteiger partial charge in [-0.2, -0.15) is 0 Å². The molecule has 0 heterocycles. The lowest BCUT2D eigenvalue weighted by Crippen LogP contribution is -2.51. The quantitative estimate of drug-likeness (QED) is 0.484. The first-order valence-electron chi connectivity index (χ1n) is 12.5. The zero-order valence-corrected chi connectivity index (χ0v) is 20.5. The van der Waals surface area contributed by atoms with Crippen molar-refractivity contribution in [1.82, 2.24) is 10.2 Å². The summed E-state index contributed by atoms with van der Waals surface area (Å²) < 4.78 is 5.65. The molecular weight excluding hydrogens is 444 g/mol. The molecule has 2 aromatic rings. The topological polar surface area (TPSA) is 95.9 Å². The molecule has 2 aromatic carbocycles. The zero-order chi connectivity index (χ0) is 25.0. The van der Waals surface area contributed by atoms with Crippen LogP contribution in [0.5, 0.6) is 0 Å². The van der Waals surface area contributed by atoms with Gasteiger partial charge in [0, 0.05) is 25.0 Å². The number of alkyl carbamates (subject to hydrolysis) is 1. The molecule has 7 nitrogen and oxygen atoms in total. The maximum Gasteiger partial charge on any atom is 0.407 e. The Morgan fingerprint density at radius 3 is 2.09 bits per heavy atom. The highest BCUT2D eigenvalue weighted by Crippen LogP contribution is 2.44. The van der Waals surface area contributed by atoms with Crippen molar-refractivity contribution >= 4 is 18.0 Å². The van der Waals surface area contributed by atoms with Crippen molar-refractivity contribution < 1.29 is 24.2 Å². The summed E-state index contributed by atoms with van der Waals surface area (Å²) in [5.41, 5.74) is 3.84. The molecule has 1 fully saturated rings. The number of rotatable bonds is 11. The summed E-state index contributed by atoms with van der Waals surface area (Å²) >= 11 is 0. The molecule has 0 aromatic heterocycles. The Labute approximate surface area is 206 Å². The van der Waals surface area contributed by atoms with Crippen LogP contribution in [-0.4, -0.2) is 53.7 Å². The summed E-state index contributed by atoms with van der Waals surface area (Å²) in [7, 11) is 0. The Balaban J connectivity index is 1.39. The van der Waals surface area contributed by atoms with Crippen LogP contribution in [0.2, 0.25) is 0 Å². The fourth-order valence-electron chi connectivity index (χ4n) is 5.13. The molecule has 4 rings (SSSR count). The second-order valence-electron chi connectivity index (χ2n) is 9.54. The molecule has 0 radical (unpaired) electrons. The third-order valence-electron chi connectivity index (χ3n) is 7.54. The molecule has 2 aliphatic carbocycles. The van der Waals surface area contributed by atoms with Gasteiger partial charge >= 0.3 is 12.1 Å². The van der Waals surface area contributed by atoms with Crippen LogP contribution < -0.4 is 5.32 Å². The van der Waals surface area contributed by atoms with Gasteiger partial charge < -0.3 is 20.1 Å². The number of aliphatic carboxylic acids is 1. The van der Waals surface area contributed by atoms with Crippen LogP contribution in [0.4, 0.5) is 4.79 Å². The van der Waals surface area contributed by atoms with Crippen molar-refractivity contribution in [3.63, 3.8) is 0 Å². The first-order valence-corrected chi connectivity index (χ1v) is 12.5. The first-order chi connectivity index (χ1) is 16.9. The van der Waals surface area contributed by atoms with Crippen LogP contribution in [-0.2, 0) is 14.3 Å². The van der Waals surface area contributed by atoms with E-state index in [2.05, 4.69) is 29.6 Å². The zero-order valence-electron chi connectivity index (χ0n) is 20.5. The molecule has 186 valence electrons. The Kier molecular flexibility index (Phi) is 7.43. The average Bonchev–Trinajstić information content (AvgIpc) is 3.66. The van der Waals surface area contributed by atoms with Crippen LogP contribution in [0, 0.1) is 5.41 Å². The van der Waals surface area contributed by atoms with Gasteiger partial charge in [-0.25, -0.2) is 4.79 Å². The van der Waals surface area contributed by atoms with E-state index >= 15 is 0 Å². The van der Waals surface area contributed by atoms with E-state index in [0.717, 1.165) is 24.0 Å². The van der Waals surface area contributed by atoms with Crippen molar-refractivity contribution in [1.29, 1.82) is 0 Å². The third-order valence-corrected chi connectivity index (χ3v) is 7.54. The number of ether oxygens (including phenoxy) is 1. The Hall–Kier alpha value is -3.35. The van der Waals surface area contributed by atoms with Gasteiger partial charge in [0.25, 0.3) is 0 Å². The number of carbonyl (C=O) groups is 3. The number of fused-ring (bicyclic) bond motifs is 3. The van der Waals surface area contributed by atoms with Gasteiger partial charge in [-0.05, 0) is 47.9 Å². The minimum absolute atomic E-state index is 0.0294. The molecule has 2 N–H and O–H groups in total. The second kappa shape index (κ2) is 10.5. The van der Waals surface area contributed by atoms with Crippen LogP contribution >= 0.6 is 0 Å². The molecule has 0 unspecified atom stereocenters. The molecule has 2 amide bonds. The van der Waals surface area contributed by atoms with Gasteiger partial charge in [0.2, 0.25) is 5.91 Å². The molecule has 7 heteroatoms. The van der Waals surface area contributed by atoms with E-state index in [-0.39, 0.29) is 44.0 Å². The highest BCUT2D eigenvalue weighted by Gasteiger charge is 2.43. The van der Waals surface area contributed by atoms with Gasteiger partial charge in [-0.1, -0.05) is 62.4 Å². The number of carboxylic acids is 1. The summed E-state index contributed by atoms with van der Waals surface area (Å²) in [5.74, 6) is -1.03. The average molecular weight is 479 g/mol. The van der Waals surface area contributed by atoms with E-state index in [0.29, 0.717) is 12.8 Å². The maximum absolute atomic E-state index is 13.5. The number of hydrogen-bond donors (Lipinski definition) is 2. The van der Waals surface area contributed by atoms with Gasteiger partial charge in [0.15, 0.2) is 0 Å². The molecule has 2 aliphatic rings. The van der Waals surface area contributed by atoms with Crippen LogP contribution in [0.1, 0.15) is 63.0 Å². The molecule has 0 spiro atoms. The summed E-state index contributed by atoms with van der Waals surface area (Å²) in [6.07, 6.45) is 2.26. The van der Waals surface area contributed by atoms with Crippen molar-refractivity contribution in [2.45, 2.75) is 57.9 Å². The smallest absolute Gasteiger partial charge is 0.407 e. The summed E-state index contributed by atoms with van der Waals surface area (Å²) in [5, 5.41) is 11.9. The van der Waals surface area contributed by atoms with Crippen molar-refractivity contribution in [2.24, 2.45) is 5.41 Å². The SMILES string of the molecule is CCC(CC)(CNC(=O)OCC1c2ccccc2-c2ccccc21)C(=O)N(CCC(=O)O)C1CC1. The third kappa shape index (κ3) is 5.19. The number of benzene rings is 2. The lowest BCUT2D eigenvalue weighted by molar-refractivity contribution is -0.144. The molecule has 0 saturated heterocycles. The molecule has 35 heavy (non-hydrogen) atoms. The predicted molar refractivity (Wildman–Crippen MR) is 133 cm³/mol. The number of carbonyl (C=O) groups excluding carboxylic acids is 2. The summed E-state index contributed by atoms with van der Waals surface area (Å²) in [6, 6.07) is 16.4. The fourth-order valence-corrected chi connectivity index (χ4v) is 5.13. The monoisotopic (exact) mass is 478 g/mol. The van der Waals surface area contributed by atoms with Gasteiger partial charge in [-0.3, -0.25) is 9.59 Å². The van der Waals surface area contributed by atoms with Crippen molar-refractivity contribution in [3.8, 4) is 11.1 Å². The molecular formula is C28H34N2O5. The maximum atomic E-state index is 13.5. The largest absolute Gasteiger partial charge is 0.481 e. The van der Waals surface area contributed by atoms with E-state index < -0.39 is 17.5 Å². The molecule has 0 atom stereocenters. The number of nitrogens with zero attached hydrogens (tertiary/aromatic N) is 1. The number of carboxylic acid groups (broad SMARTS) is 1. The molecule has 0 aliphatic heterocycles.